The molecule has 1 aliphatic rings. The third-order valence-corrected chi connectivity index (χ3v) is 5.40. The number of rotatable bonds is 10. The predicted octanol–water partition coefficient (Wildman–Crippen LogP) is 4.99. The lowest BCUT2D eigenvalue weighted by molar-refractivity contribution is 0.0923. The number of para-hydroxylation sites is 1. The quantitative estimate of drug-likeness (QED) is 0.602. The van der Waals surface area contributed by atoms with E-state index in [9.17, 15) is 9.90 Å². The first kappa shape index (κ1) is 19.6. The summed E-state index contributed by atoms with van der Waals surface area (Å²) in [6.07, 6.45) is 5.38. The Kier molecular flexibility index (Phi) is 7.05. The van der Waals surface area contributed by atoms with Crippen LogP contribution in [0.2, 0.25) is 0 Å². The number of carbonyl (C=O) groups is 1. The second-order valence-corrected chi connectivity index (χ2v) is 7.58. The molecule has 1 aliphatic carbocycles. The third kappa shape index (κ3) is 5.43. The van der Waals surface area contributed by atoms with Crippen molar-refractivity contribution in [3.63, 3.8) is 0 Å². The van der Waals surface area contributed by atoms with Gasteiger partial charge in [-0.05, 0) is 67.7 Å². The number of ether oxygens (including phenoxy) is 1. The highest BCUT2D eigenvalue weighted by Gasteiger charge is 2.22. The van der Waals surface area contributed by atoms with E-state index < -0.39 is 6.10 Å². The first-order valence-electron chi connectivity index (χ1n) is 10.2. The molecule has 1 atom stereocenters. The number of carbonyl (C=O) groups excluding carboxylic acids is 1. The molecule has 0 saturated carbocycles. The molecule has 0 heterocycles. The summed E-state index contributed by atoms with van der Waals surface area (Å²) in [5.74, 6) is 1.33. The van der Waals surface area contributed by atoms with Gasteiger partial charge in [0.05, 0.1) is 18.3 Å². The number of ketones is 1. The van der Waals surface area contributed by atoms with Crippen LogP contribution in [0.4, 0.5) is 0 Å². The Labute approximate surface area is 162 Å². The van der Waals surface area contributed by atoms with E-state index in [1.54, 1.807) is 0 Å². The van der Waals surface area contributed by atoms with Gasteiger partial charge in [0.2, 0.25) is 0 Å². The highest BCUT2D eigenvalue weighted by atomic mass is 16.5. The number of fused-ring (bicyclic) bond motifs is 1. The van der Waals surface area contributed by atoms with Gasteiger partial charge in [-0.2, -0.15) is 0 Å². The smallest absolute Gasteiger partial charge is 0.166 e. The molecule has 0 saturated heterocycles. The van der Waals surface area contributed by atoms with Crippen molar-refractivity contribution in [3.05, 3.63) is 65.2 Å². The van der Waals surface area contributed by atoms with Crippen LogP contribution in [-0.2, 0) is 12.8 Å². The molecule has 1 unspecified atom stereocenters. The molecule has 144 valence electrons. The van der Waals surface area contributed by atoms with Crippen LogP contribution in [0.3, 0.4) is 0 Å². The van der Waals surface area contributed by atoms with Crippen LogP contribution in [0, 0.1) is 5.92 Å². The Hall–Kier alpha value is -2.13. The van der Waals surface area contributed by atoms with Crippen LogP contribution in [0.25, 0.3) is 0 Å². The van der Waals surface area contributed by atoms with E-state index in [0.717, 1.165) is 32.1 Å². The van der Waals surface area contributed by atoms with E-state index in [4.69, 9.17) is 4.74 Å². The Bertz CT molecular complexity index is 728. The van der Waals surface area contributed by atoms with E-state index in [1.807, 2.05) is 31.2 Å². The minimum atomic E-state index is -0.415. The van der Waals surface area contributed by atoms with Crippen LogP contribution < -0.4 is 4.74 Å². The third-order valence-electron chi connectivity index (χ3n) is 5.40. The largest absolute Gasteiger partial charge is 0.493 e. The van der Waals surface area contributed by atoms with Crippen LogP contribution in [0.1, 0.15) is 60.5 Å². The van der Waals surface area contributed by atoms with Crippen molar-refractivity contribution in [3.8, 4) is 5.75 Å². The number of Topliss-reactive ketones (excluding diaryl/α,β-unsaturated/α-hetero) is 1. The van der Waals surface area contributed by atoms with Crippen molar-refractivity contribution in [2.75, 3.05) is 6.61 Å². The van der Waals surface area contributed by atoms with Gasteiger partial charge in [-0.15, -0.1) is 0 Å². The number of hydrogen-bond donors (Lipinski definition) is 1. The van der Waals surface area contributed by atoms with Gasteiger partial charge in [-0.25, -0.2) is 0 Å². The molecule has 0 amide bonds. The molecule has 2 aromatic rings. The lowest BCUT2D eigenvalue weighted by Gasteiger charge is -2.14. The molecule has 27 heavy (non-hydrogen) atoms. The monoisotopic (exact) mass is 366 g/mol. The SMILES string of the molecule is CCCOc1ccccc1C(=O)CCC(O)CCC1Cc2ccccc2C1. The minimum absolute atomic E-state index is 0.0500. The maximum absolute atomic E-state index is 12.6. The summed E-state index contributed by atoms with van der Waals surface area (Å²) < 4.78 is 5.68. The molecule has 3 nitrogen and oxygen atoms in total. The molecule has 0 radical (unpaired) electrons. The molecule has 0 aromatic heterocycles. The second kappa shape index (κ2) is 9.70. The Morgan fingerprint density at radius 2 is 1.74 bits per heavy atom. The number of aliphatic hydroxyl groups excluding tert-OH is 1. The fourth-order valence-electron chi connectivity index (χ4n) is 3.89. The lowest BCUT2D eigenvalue weighted by Crippen LogP contribution is -2.13. The van der Waals surface area contributed by atoms with Gasteiger partial charge in [0, 0.05) is 6.42 Å². The van der Waals surface area contributed by atoms with E-state index in [2.05, 4.69) is 24.3 Å². The molecule has 0 fully saturated rings. The highest BCUT2D eigenvalue weighted by molar-refractivity contribution is 5.98. The van der Waals surface area contributed by atoms with Gasteiger partial charge >= 0.3 is 0 Å². The van der Waals surface area contributed by atoms with E-state index in [0.29, 0.717) is 36.7 Å². The number of hydrogen-bond acceptors (Lipinski definition) is 3. The van der Waals surface area contributed by atoms with E-state index in [1.165, 1.54) is 11.1 Å². The summed E-state index contributed by atoms with van der Waals surface area (Å²) in [6, 6.07) is 16.0. The molecule has 0 spiro atoms. The highest BCUT2D eigenvalue weighted by Crippen LogP contribution is 2.30. The summed E-state index contributed by atoms with van der Waals surface area (Å²) in [5.41, 5.74) is 3.54. The molecular formula is C24H30O3. The van der Waals surface area contributed by atoms with Gasteiger partial charge in [-0.1, -0.05) is 43.3 Å². The van der Waals surface area contributed by atoms with Crippen LogP contribution in [-0.4, -0.2) is 23.6 Å². The predicted molar refractivity (Wildman–Crippen MR) is 108 cm³/mol. The molecule has 1 N–H and O–H groups in total. The maximum Gasteiger partial charge on any atom is 0.166 e. The van der Waals surface area contributed by atoms with Gasteiger partial charge in [-0.3, -0.25) is 4.79 Å². The zero-order chi connectivity index (χ0) is 19.1. The fraction of sp³-hybridized carbons (Fsp3) is 0.458. The van der Waals surface area contributed by atoms with Crippen molar-refractivity contribution in [2.45, 2.75) is 58.0 Å². The van der Waals surface area contributed by atoms with Gasteiger partial charge in [0.25, 0.3) is 0 Å². The summed E-state index contributed by atoms with van der Waals surface area (Å²) in [5, 5.41) is 10.3. The van der Waals surface area contributed by atoms with E-state index in [-0.39, 0.29) is 5.78 Å². The lowest BCUT2D eigenvalue weighted by atomic mass is 9.95. The summed E-state index contributed by atoms with van der Waals surface area (Å²) in [7, 11) is 0. The molecule has 3 heteroatoms. The normalized spacial score (nSPS) is 14.7. The maximum atomic E-state index is 12.6. The second-order valence-electron chi connectivity index (χ2n) is 7.58. The Morgan fingerprint density at radius 3 is 2.44 bits per heavy atom. The zero-order valence-corrected chi connectivity index (χ0v) is 16.2. The molecule has 3 rings (SSSR count). The average molecular weight is 367 g/mol. The molecule has 0 bridgehead atoms. The Morgan fingerprint density at radius 1 is 1.07 bits per heavy atom. The standard InChI is InChI=1S/C24H30O3/c1-2-15-27-24-10-6-5-9-22(24)23(26)14-13-21(25)12-11-18-16-19-7-3-4-8-20(19)17-18/h3-10,18,21,25H,2,11-17H2,1H3. The summed E-state index contributed by atoms with van der Waals surface area (Å²) in [4.78, 5) is 12.6. The Balaban J connectivity index is 1.43. The van der Waals surface area contributed by atoms with Crippen molar-refractivity contribution < 1.29 is 14.6 Å². The minimum Gasteiger partial charge on any atom is -0.493 e. The number of aliphatic hydroxyl groups is 1. The van der Waals surface area contributed by atoms with E-state index >= 15 is 0 Å². The van der Waals surface area contributed by atoms with Gasteiger partial charge < -0.3 is 9.84 Å². The van der Waals surface area contributed by atoms with Crippen LogP contribution in [0.15, 0.2) is 48.5 Å². The van der Waals surface area contributed by atoms with Crippen molar-refractivity contribution in [1.82, 2.24) is 0 Å². The van der Waals surface area contributed by atoms with Crippen molar-refractivity contribution in [1.29, 1.82) is 0 Å². The molecular weight excluding hydrogens is 336 g/mol. The summed E-state index contributed by atoms with van der Waals surface area (Å²) in [6.45, 7) is 2.65. The zero-order valence-electron chi connectivity index (χ0n) is 16.2. The first-order chi connectivity index (χ1) is 13.2. The number of benzene rings is 2. The van der Waals surface area contributed by atoms with Crippen LogP contribution >= 0.6 is 0 Å². The van der Waals surface area contributed by atoms with Gasteiger partial charge in [0.15, 0.2) is 5.78 Å². The molecule has 0 aliphatic heterocycles. The van der Waals surface area contributed by atoms with Crippen molar-refractivity contribution >= 4 is 5.78 Å². The van der Waals surface area contributed by atoms with Gasteiger partial charge in [0.1, 0.15) is 5.75 Å². The average Bonchev–Trinajstić information content (AvgIpc) is 3.12. The summed E-state index contributed by atoms with van der Waals surface area (Å²) >= 11 is 0. The van der Waals surface area contributed by atoms with Crippen LogP contribution in [0.5, 0.6) is 5.75 Å². The fourth-order valence-corrected chi connectivity index (χ4v) is 3.89. The van der Waals surface area contributed by atoms with Crippen molar-refractivity contribution in [2.24, 2.45) is 5.92 Å². The first-order valence-corrected chi connectivity index (χ1v) is 10.2. The topological polar surface area (TPSA) is 46.5 Å². The molecule has 2 aromatic carbocycles.